The van der Waals surface area contributed by atoms with Crippen LogP contribution in [0.15, 0.2) is 12.3 Å². The lowest BCUT2D eigenvalue weighted by atomic mass is 10.2. The number of pyridine rings is 1. The fraction of sp³-hybridized carbons (Fsp3) is 0.600. The SMILES string of the molecule is Cc1cc(CNC(C)C)cnc1N1CCNC(=O)CC1. The zero-order valence-electron chi connectivity index (χ0n) is 12.6. The van der Waals surface area contributed by atoms with Gasteiger partial charge in [0.25, 0.3) is 0 Å². The average Bonchev–Trinajstić information content (AvgIpc) is 2.61. The van der Waals surface area contributed by atoms with Crippen LogP contribution in [0.3, 0.4) is 0 Å². The van der Waals surface area contributed by atoms with E-state index in [1.807, 2.05) is 6.20 Å². The number of aryl methyl sites for hydroxylation is 1. The van der Waals surface area contributed by atoms with Crippen LogP contribution in [0.4, 0.5) is 5.82 Å². The molecule has 20 heavy (non-hydrogen) atoms. The normalized spacial score (nSPS) is 16.2. The van der Waals surface area contributed by atoms with Crippen LogP contribution in [0, 0.1) is 6.92 Å². The van der Waals surface area contributed by atoms with E-state index in [2.05, 4.69) is 47.4 Å². The molecule has 5 nitrogen and oxygen atoms in total. The van der Waals surface area contributed by atoms with Crippen LogP contribution in [0.25, 0.3) is 0 Å². The third kappa shape index (κ3) is 3.93. The van der Waals surface area contributed by atoms with Crippen LogP contribution in [0.1, 0.15) is 31.4 Å². The number of carbonyl (C=O) groups excluding carboxylic acids is 1. The number of aromatic nitrogens is 1. The average molecular weight is 276 g/mol. The number of hydrogen-bond donors (Lipinski definition) is 2. The topological polar surface area (TPSA) is 57.3 Å². The van der Waals surface area contributed by atoms with Gasteiger partial charge >= 0.3 is 0 Å². The van der Waals surface area contributed by atoms with Crippen LogP contribution < -0.4 is 15.5 Å². The summed E-state index contributed by atoms with van der Waals surface area (Å²) >= 11 is 0. The monoisotopic (exact) mass is 276 g/mol. The molecule has 1 aliphatic heterocycles. The number of nitrogens with zero attached hydrogens (tertiary/aromatic N) is 2. The molecule has 1 aliphatic rings. The maximum absolute atomic E-state index is 11.4. The summed E-state index contributed by atoms with van der Waals surface area (Å²) in [5.41, 5.74) is 2.37. The van der Waals surface area contributed by atoms with Gasteiger partial charge in [0.1, 0.15) is 5.82 Å². The minimum Gasteiger partial charge on any atom is -0.354 e. The van der Waals surface area contributed by atoms with Crippen molar-refractivity contribution in [2.75, 3.05) is 24.5 Å². The molecule has 110 valence electrons. The number of amides is 1. The minimum absolute atomic E-state index is 0.128. The first kappa shape index (κ1) is 14.8. The van der Waals surface area contributed by atoms with Crippen molar-refractivity contribution in [1.29, 1.82) is 0 Å². The van der Waals surface area contributed by atoms with E-state index >= 15 is 0 Å². The zero-order chi connectivity index (χ0) is 14.5. The van der Waals surface area contributed by atoms with E-state index in [-0.39, 0.29) is 5.91 Å². The molecule has 2 heterocycles. The fourth-order valence-corrected chi connectivity index (χ4v) is 2.35. The number of nitrogens with one attached hydrogen (secondary N) is 2. The Morgan fingerprint density at radius 3 is 2.95 bits per heavy atom. The predicted octanol–water partition coefficient (Wildman–Crippen LogP) is 1.21. The predicted molar refractivity (Wildman–Crippen MR) is 80.8 cm³/mol. The first-order valence-electron chi connectivity index (χ1n) is 7.27. The molecule has 1 saturated heterocycles. The second-order valence-corrected chi connectivity index (χ2v) is 5.61. The third-order valence-electron chi connectivity index (χ3n) is 3.43. The van der Waals surface area contributed by atoms with Crippen molar-refractivity contribution < 1.29 is 4.79 Å². The second kappa shape index (κ2) is 6.70. The van der Waals surface area contributed by atoms with Crippen molar-refractivity contribution in [2.24, 2.45) is 0 Å². The Balaban J connectivity index is 2.06. The summed E-state index contributed by atoms with van der Waals surface area (Å²) in [5, 5.41) is 6.28. The van der Waals surface area contributed by atoms with E-state index in [1.54, 1.807) is 0 Å². The van der Waals surface area contributed by atoms with Gasteiger partial charge in [-0.05, 0) is 24.1 Å². The fourth-order valence-electron chi connectivity index (χ4n) is 2.35. The standard InChI is InChI=1S/C15H24N4O/c1-11(2)17-9-13-8-12(3)15(18-10-13)19-6-4-14(20)16-5-7-19/h8,10-11,17H,4-7,9H2,1-3H3,(H,16,20). The molecule has 1 aromatic rings. The van der Waals surface area contributed by atoms with Gasteiger partial charge in [0.2, 0.25) is 5.91 Å². The lowest BCUT2D eigenvalue weighted by molar-refractivity contribution is -0.120. The van der Waals surface area contributed by atoms with E-state index in [1.165, 1.54) is 11.1 Å². The largest absolute Gasteiger partial charge is 0.354 e. The van der Waals surface area contributed by atoms with Gasteiger partial charge in [-0.3, -0.25) is 4.79 Å². The van der Waals surface area contributed by atoms with E-state index in [0.717, 1.165) is 25.5 Å². The van der Waals surface area contributed by atoms with Crippen LogP contribution >= 0.6 is 0 Å². The molecule has 0 aromatic carbocycles. The molecule has 1 amide bonds. The Hall–Kier alpha value is -1.62. The summed E-state index contributed by atoms with van der Waals surface area (Å²) in [6, 6.07) is 2.65. The first-order valence-corrected chi connectivity index (χ1v) is 7.27. The van der Waals surface area contributed by atoms with Gasteiger partial charge in [-0.2, -0.15) is 0 Å². The van der Waals surface area contributed by atoms with Crippen molar-refractivity contribution in [3.63, 3.8) is 0 Å². The molecule has 2 rings (SSSR count). The van der Waals surface area contributed by atoms with Gasteiger partial charge in [-0.15, -0.1) is 0 Å². The Labute approximate surface area is 120 Å². The molecule has 0 radical (unpaired) electrons. The maximum Gasteiger partial charge on any atom is 0.221 e. The molecule has 0 spiro atoms. The molecule has 1 aromatic heterocycles. The van der Waals surface area contributed by atoms with Crippen LogP contribution in [0.5, 0.6) is 0 Å². The molecule has 0 bridgehead atoms. The Bertz CT molecular complexity index is 473. The Morgan fingerprint density at radius 1 is 1.45 bits per heavy atom. The van der Waals surface area contributed by atoms with Crippen molar-refractivity contribution in [1.82, 2.24) is 15.6 Å². The lowest BCUT2D eigenvalue weighted by Crippen LogP contribution is -2.29. The number of rotatable bonds is 4. The number of anilines is 1. The van der Waals surface area contributed by atoms with Crippen molar-refractivity contribution >= 4 is 11.7 Å². The third-order valence-corrected chi connectivity index (χ3v) is 3.43. The summed E-state index contributed by atoms with van der Waals surface area (Å²) in [6.45, 7) is 9.45. The van der Waals surface area contributed by atoms with Crippen LogP contribution in [-0.4, -0.2) is 36.6 Å². The summed E-state index contributed by atoms with van der Waals surface area (Å²) < 4.78 is 0. The van der Waals surface area contributed by atoms with Gasteiger partial charge in [-0.25, -0.2) is 4.98 Å². The first-order chi connectivity index (χ1) is 9.56. The molecule has 0 atom stereocenters. The summed E-state index contributed by atoms with van der Waals surface area (Å²) in [5.74, 6) is 1.12. The van der Waals surface area contributed by atoms with Crippen molar-refractivity contribution in [3.05, 3.63) is 23.4 Å². The highest BCUT2D eigenvalue weighted by Crippen LogP contribution is 2.18. The Morgan fingerprint density at radius 2 is 2.25 bits per heavy atom. The molecular formula is C15H24N4O. The molecule has 0 saturated carbocycles. The molecule has 5 heteroatoms. The molecule has 0 aliphatic carbocycles. The van der Waals surface area contributed by atoms with E-state index in [9.17, 15) is 4.79 Å². The van der Waals surface area contributed by atoms with E-state index in [0.29, 0.717) is 19.0 Å². The van der Waals surface area contributed by atoms with E-state index in [4.69, 9.17) is 0 Å². The zero-order valence-corrected chi connectivity index (χ0v) is 12.6. The number of hydrogen-bond acceptors (Lipinski definition) is 4. The van der Waals surface area contributed by atoms with Gasteiger partial charge in [-0.1, -0.05) is 13.8 Å². The minimum atomic E-state index is 0.128. The van der Waals surface area contributed by atoms with Gasteiger partial charge in [0.15, 0.2) is 0 Å². The Kier molecular flexibility index (Phi) is 4.95. The van der Waals surface area contributed by atoms with Crippen molar-refractivity contribution in [2.45, 2.75) is 39.8 Å². The van der Waals surface area contributed by atoms with Gasteiger partial charge < -0.3 is 15.5 Å². The maximum atomic E-state index is 11.4. The number of carbonyl (C=O) groups is 1. The highest BCUT2D eigenvalue weighted by Gasteiger charge is 2.16. The van der Waals surface area contributed by atoms with E-state index < -0.39 is 0 Å². The van der Waals surface area contributed by atoms with Crippen LogP contribution in [0.2, 0.25) is 0 Å². The summed E-state index contributed by atoms with van der Waals surface area (Å²) in [6.07, 6.45) is 2.47. The lowest BCUT2D eigenvalue weighted by Gasteiger charge is -2.23. The van der Waals surface area contributed by atoms with Crippen LogP contribution in [-0.2, 0) is 11.3 Å². The quantitative estimate of drug-likeness (QED) is 0.868. The summed E-state index contributed by atoms with van der Waals surface area (Å²) in [7, 11) is 0. The highest BCUT2D eigenvalue weighted by atomic mass is 16.1. The van der Waals surface area contributed by atoms with Crippen molar-refractivity contribution in [3.8, 4) is 0 Å². The van der Waals surface area contributed by atoms with Gasteiger partial charge in [0, 0.05) is 44.8 Å². The smallest absolute Gasteiger partial charge is 0.221 e. The molecular weight excluding hydrogens is 252 g/mol. The molecule has 1 fully saturated rings. The second-order valence-electron chi connectivity index (χ2n) is 5.61. The summed E-state index contributed by atoms with van der Waals surface area (Å²) in [4.78, 5) is 18.2. The van der Waals surface area contributed by atoms with Gasteiger partial charge in [0.05, 0.1) is 0 Å². The highest BCUT2D eigenvalue weighted by molar-refractivity contribution is 5.77. The molecule has 0 unspecified atom stereocenters. The molecule has 2 N–H and O–H groups in total.